The molecular weight excluding hydrogens is 218 g/mol. The van der Waals surface area contributed by atoms with Gasteiger partial charge in [-0.15, -0.1) is 0 Å². The largest absolute Gasteiger partial charge is 0.344 e. The van der Waals surface area contributed by atoms with E-state index in [1.807, 2.05) is 6.92 Å². The molecule has 0 bridgehead atoms. The number of hydrogen-bond donors (Lipinski definition) is 0. The fourth-order valence-electron chi connectivity index (χ4n) is 2.63. The van der Waals surface area contributed by atoms with Crippen LogP contribution in [-0.4, -0.2) is 21.9 Å². The van der Waals surface area contributed by atoms with Crippen LogP contribution in [-0.2, 0) is 0 Å². The summed E-state index contributed by atoms with van der Waals surface area (Å²) < 4.78 is 4.30. The molecule has 1 aliphatic rings. The average molecular weight is 239 g/mol. The lowest BCUT2D eigenvalue weighted by Gasteiger charge is -2.39. The standard InChI is InChI=1S/C12H21N3S/c1-4-6-11-9(2)7-5-8-15(11)12-13-10(3)14-16-12/h9,11H,4-8H2,1-3H3. The Morgan fingerprint density at radius 3 is 2.94 bits per heavy atom. The fourth-order valence-corrected chi connectivity index (χ4v) is 3.38. The van der Waals surface area contributed by atoms with Crippen molar-refractivity contribution in [1.29, 1.82) is 0 Å². The molecule has 0 radical (unpaired) electrons. The van der Waals surface area contributed by atoms with Gasteiger partial charge >= 0.3 is 0 Å². The van der Waals surface area contributed by atoms with Gasteiger partial charge in [0.2, 0.25) is 5.13 Å². The molecule has 2 rings (SSSR count). The second-order valence-corrected chi connectivity index (χ2v) is 5.52. The van der Waals surface area contributed by atoms with Crippen LogP contribution in [0.5, 0.6) is 0 Å². The quantitative estimate of drug-likeness (QED) is 0.810. The molecule has 0 amide bonds. The Kier molecular flexibility index (Phi) is 3.79. The summed E-state index contributed by atoms with van der Waals surface area (Å²) in [7, 11) is 0. The van der Waals surface area contributed by atoms with Crippen molar-refractivity contribution in [2.24, 2.45) is 5.92 Å². The third-order valence-electron chi connectivity index (χ3n) is 3.46. The summed E-state index contributed by atoms with van der Waals surface area (Å²) in [6, 6.07) is 0.672. The summed E-state index contributed by atoms with van der Waals surface area (Å²) in [5.41, 5.74) is 0. The van der Waals surface area contributed by atoms with Crippen LogP contribution in [0.2, 0.25) is 0 Å². The number of nitrogens with zero attached hydrogens (tertiary/aromatic N) is 3. The molecular formula is C12H21N3S. The van der Waals surface area contributed by atoms with Crippen LogP contribution in [0.1, 0.15) is 45.4 Å². The van der Waals surface area contributed by atoms with Crippen molar-refractivity contribution in [2.45, 2.75) is 52.5 Å². The van der Waals surface area contributed by atoms with Crippen molar-refractivity contribution < 1.29 is 0 Å². The van der Waals surface area contributed by atoms with Crippen LogP contribution >= 0.6 is 11.5 Å². The minimum Gasteiger partial charge on any atom is -0.344 e. The zero-order valence-electron chi connectivity index (χ0n) is 10.4. The van der Waals surface area contributed by atoms with Crippen molar-refractivity contribution in [1.82, 2.24) is 9.36 Å². The monoisotopic (exact) mass is 239 g/mol. The van der Waals surface area contributed by atoms with Crippen molar-refractivity contribution >= 4 is 16.7 Å². The molecule has 2 unspecified atom stereocenters. The lowest BCUT2D eigenvalue weighted by Crippen LogP contribution is -2.44. The van der Waals surface area contributed by atoms with E-state index in [-0.39, 0.29) is 0 Å². The van der Waals surface area contributed by atoms with Crippen molar-refractivity contribution in [3.8, 4) is 0 Å². The van der Waals surface area contributed by atoms with Gasteiger partial charge in [-0.25, -0.2) is 4.98 Å². The minimum absolute atomic E-state index is 0.672. The van der Waals surface area contributed by atoms with E-state index in [2.05, 4.69) is 28.1 Å². The molecule has 0 aliphatic carbocycles. The Labute approximate surface area is 102 Å². The molecule has 2 atom stereocenters. The highest BCUT2D eigenvalue weighted by molar-refractivity contribution is 7.09. The van der Waals surface area contributed by atoms with Gasteiger partial charge in [0.05, 0.1) is 0 Å². The molecule has 0 aromatic carbocycles. The number of aromatic nitrogens is 2. The van der Waals surface area contributed by atoms with E-state index in [1.165, 1.54) is 25.7 Å². The molecule has 1 aromatic rings. The summed E-state index contributed by atoms with van der Waals surface area (Å²) in [6.45, 7) is 7.77. The maximum Gasteiger partial charge on any atom is 0.205 e. The Balaban J connectivity index is 2.16. The third-order valence-corrected chi connectivity index (χ3v) is 4.31. The van der Waals surface area contributed by atoms with Gasteiger partial charge in [-0.1, -0.05) is 20.3 Å². The van der Waals surface area contributed by atoms with Crippen molar-refractivity contribution in [3.05, 3.63) is 5.82 Å². The minimum atomic E-state index is 0.672. The van der Waals surface area contributed by atoms with Crippen LogP contribution in [0.15, 0.2) is 0 Å². The van der Waals surface area contributed by atoms with Crippen LogP contribution in [0, 0.1) is 12.8 Å². The topological polar surface area (TPSA) is 29.0 Å². The van der Waals surface area contributed by atoms with Crippen LogP contribution in [0.3, 0.4) is 0 Å². The van der Waals surface area contributed by atoms with E-state index in [9.17, 15) is 0 Å². The summed E-state index contributed by atoms with van der Waals surface area (Å²) in [5, 5.41) is 1.13. The molecule has 16 heavy (non-hydrogen) atoms. The first-order chi connectivity index (χ1) is 7.72. The van der Waals surface area contributed by atoms with E-state index in [4.69, 9.17) is 0 Å². The van der Waals surface area contributed by atoms with Gasteiger partial charge < -0.3 is 4.90 Å². The Morgan fingerprint density at radius 2 is 2.31 bits per heavy atom. The molecule has 0 N–H and O–H groups in total. The van der Waals surface area contributed by atoms with E-state index in [0.717, 1.165) is 23.4 Å². The third kappa shape index (κ3) is 2.37. The smallest absolute Gasteiger partial charge is 0.205 e. The Hall–Kier alpha value is -0.640. The Morgan fingerprint density at radius 1 is 1.50 bits per heavy atom. The summed E-state index contributed by atoms with van der Waals surface area (Å²) in [5.74, 6) is 1.70. The second-order valence-electron chi connectivity index (χ2n) is 4.79. The highest BCUT2D eigenvalue weighted by Gasteiger charge is 2.29. The van der Waals surface area contributed by atoms with Gasteiger partial charge in [0.25, 0.3) is 0 Å². The van der Waals surface area contributed by atoms with Gasteiger partial charge in [0.1, 0.15) is 5.82 Å². The normalized spacial score (nSPS) is 26.1. The van der Waals surface area contributed by atoms with Crippen molar-refractivity contribution in [2.75, 3.05) is 11.4 Å². The first-order valence-corrected chi connectivity index (χ1v) is 7.06. The van der Waals surface area contributed by atoms with Gasteiger partial charge in [0.15, 0.2) is 0 Å². The first-order valence-electron chi connectivity index (χ1n) is 6.29. The first kappa shape index (κ1) is 11.8. The Bertz CT molecular complexity index is 337. The molecule has 1 aliphatic heterocycles. The predicted octanol–water partition coefficient (Wildman–Crippen LogP) is 3.25. The number of aryl methyl sites for hydroxylation is 1. The van der Waals surface area contributed by atoms with E-state index in [1.54, 1.807) is 11.5 Å². The summed E-state index contributed by atoms with van der Waals surface area (Å²) in [6.07, 6.45) is 5.18. The lowest BCUT2D eigenvalue weighted by molar-refractivity contribution is 0.327. The summed E-state index contributed by atoms with van der Waals surface area (Å²) in [4.78, 5) is 7.02. The highest BCUT2D eigenvalue weighted by Crippen LogP contribution is 2.31. The highest BCUT2D eigenvalue weighted by atomic mass is 32.1. The van der Waals surface area contributed by atoms with Gasteiger partial charge in [-0.05, 0) is 32.1 Å². The van der Waals surface area contributed by atoms with Crippen molar-refractivity contribution in [3.63, 3.8) is 0 Å². The lowest BCUT2D eigenvalue weighted by atomic mass is 9.88. The second kappa shape index (κ2) is 5.13. The number of piperidine rings is 1. The zero-order valence-corrected chi connectivity index (χ0v) is 11.3. The molecule has 90 valence electrons. The molecule has 0 saturated carbocycles. The average Bonchev–Trinajstić information content (AvgIpc) is 2.68. The van der Waals surface area contributed by atoms with Gasteiger partial charge in [0, 0.05) is 24.1 Å². The molecule has 3 nitrogen and oxygen atoms in total. The van der Waals surface area contributed by atoms with Crippen LogP contribution in [0.4, 0.5) is 5.13 Å². The molecule has 1 saturated heterocycles. The SMILES string of the molecule is CCCC1C(C)CCCN1c1nc(C)ns1. The van der Waals surface area contributed by atoms with Crippen LogP contribution < -0.4 is 4.90 Å². The number of rotatable bonds is 3. The molecule has 1 aromatic heterocycles. The summed E-state index contributed by atoms with van der Waals surface area (Å²) >= 11 is 1.55. The molecule has 2 heterocycles. The number of hydrogen-bond acceptors (Lipinski definition) is 4. The van der Waals surface area contributed by atoms with E-state index < -0.39 is 0 Å². The molecule has 0 spiro atoms. The molecule has 4 heteroatoms. The van der Waals surface area contributed by atoms with Gasteiger partial charge in [-0.3, -0.25) is 0 Å². The van der Waals surface area contributed by atoms with E-state index >= 15 is 0 Å². The van der Waals surface area contributed by atoms with Gasteiger partial charge in [-0.2, -0.15) is 4.37 Å². The van der Waals surface area contributed by atoms with E-state index in [0.29, 0.717) is 6.04 Å². The number of anilines is 1. The zero-order chi connectivity index (χ0) is 11.5. The van der Waals surface area contributed by atoms with Crippen LogP contribution in [0.25, 0.3) is 0 Å². The maximum absolute atomic E-state index is 4.53. The fraction of sp³-hybridized carbons (Fsp3) is 0.833. The predicted molar refractivity (Wildman–Crippen MR) is 69.1 cm³/mol. The molecule has 1 fully saturated rings. The maximum atomic E-state index is 4.53.